The quantitative estimate of drug-likeness (QED) is 0.421. The van der Waals surface area contributed by atoms with Crippen LogP contribution in [0.1, 0.15) is 36.0 Å². The molecule has 4 rings (SSSR count). The molecule has 0 saturated carbocycles. The lowest BCUT2D eigenvalue weighted by atomic mass is 9.97. The minimum Gasteiger partial charge on any atom is -0.496 e. The molecule has 1 fully saturated rings. The van der Waals surface area contributed by atoms with Crippen molar-refractivity contribution in [1.29, 1.82) is 0 Å². The van der Waals surface area contributed by atoms with Crippen molar-refractivity contribution >= 4 is 5.91 Å². The fourth-order valence-corrected chi connectivity index (χ4v) is 4.35. The summed E-state index contributed by atoms with van der Waals surface area (Å²) in [4.78, 5) is 11.1. The molecule has 0 radical (unpaired) electrons. The highest BCUT2D eigenvalue weighted by Gasteiger charge is 2.24. The molecule has 5 heteroatoms. The van der Waals surface area contributed by atoms with E-state index in [-0.39, 0.29) is 5.91 Å². The van der Waals surface area contributed by atoms with E-state index < -0.39 is 0 Å². The summed E-state index contributed by atoms with van der Waals surface area (Å²) in [5.41, 5.74) is 5.79. The number of methoxy groups -OCH3 is 2. The van der Waals surface area contributed by atoms with Gasteiger partial charge in [-0.1, -0.05) is 48.5 Å². The van der Waals surface area contributed by atoms with Gasteiger partial charge in [-0.25, -0.2) is 0 Å². The summed E-state index contributed by atoms with van der Waals surface area (Å²) in [7, 11) is 3.34. The van der Waals surface area contributed by atoms with Gasteiger partial charge >= 0.3 is 0 Å². The van der Waals surface area contributed by atoms with Crippen molar-refractivity contribution in [1.82, 2.24) is 5.32 Å². The Morgan fingerprint density at radius 2 is 1.67 bits per heavy atom. The summed E-state index contributed by atoms with van der Waals surface area (Å²) in [5, 5.41) is 2.93. The molecule has 0 aromatic heterocycles. The minimum atomic E-state index is 0.140. The number of hydrogen-bond acceptors (Lipinski definition) is 4. The summed E-state index contributed by atoms with van der Waals surface area (Å²) >= 11 is 0. The molecule has 0 aliphatic carbocycles. The predicted octanol–water partition coefficient (Wildman–Crippen LogP) is 5.47. The molecule has 3 aromatic rings. The van der Waals surface area contributed by atoms with E-state index in [4.69, 9.17) is 14.2 Å². The topological polar surface area (TPSA) is 56.8 Å². The Bertz CT molecular complexity index is 1080. The molecule has 0 bridgehead atoms. The van der Waals surface area contributed by atoms with E-state index in [0.717, 1.165) is 41.9 Å². The number of benzene rings is 3. The molecule has 33 heavy (non-hydrogen) atoms. The highest BCUT2D eigenvalue weighted by atomic mass is 16.5. The Hall–Kier alpha value is -3.47. The maximum atomic E-state index is 11.1. The van der Waals surface area contributed by atoms with Gasteiger partial charge in [-0.15, -0.1) is 0 Å². The van der Waals surface area contributed by atoms with Gasteiger partial charge in [0.2, 0.25) is 5.91 Å². The Kier molecular flexibility index (Phi) is 7.18. The molecule has 1 heterocycles. The van der Waals surface area contributed by atoms with E-state index in [2.05, 4.69) is 54.7 Å². The summed E-state index contributed by atoms with van der Waals surface area (Å²) < 4.78 is 17.5. The smallest absolute Gasteiger partial charge is 0.222 e. The second kappa shape index (κ2) is 10.4. The fraction of sp³-hybridized carbons (Fsp3) is 0.321. The number of carbonyl (C=O) groups is 1. The van der Waals surface area contributed by atoms with E-state index in [9.17, 15) is 4.79 Å². The number of nitrogens with one attached hydrogen (secondary N) is 1. The van der Waals surface area contributed by atoms with Crippen molar-refractivity contribution in [3.63, 3.8) is 0 Å². The first-order valence-corrected chi connectivity index (χ1v) is 11.4. The first kappa shape index (κ1) is 22.7. The lowest BCUT2D eigenvalue weighted by Gasteiger charge is -2.26. The maximum Gasteiger partial charge on any atom is 0.222 e. The van der Waals surface area contributed by atoms with E-state index in [0.29, 0.717) is 24.8 Å². The molecule has 0 spiro atoms. The van der Waals surface area contributed by atoms with E-state index in [1.54, 1.807) is 14.2 Å². The predicted molar refractivity (Wildman–Crippen MR) is 130 cm³/mol. The Morgan fingerprint density at radius 1 is 0.970 bits per heavy atom. The largest absolute Gasteiger partial charge is 0.496 e. The monoisotopic (exact) mass is 445 g/mol. The molecular formula is C28H31NO4. The van der Waals surface area contributed by atoms with Crippen LogP contribution in [0.4, 0.5) is 0 Å². The molecule has 172 valence electrons. The first-order valence-electron chi connectivity index (χ1n) is 11.4. The van der Waals surface area contributed by atoms with Gasteiger partial charge in [0.1, 0.15) is 23.9 Å². The summed E-state index contributed by atoms with van der Waals surface area (Å²) in [6.07, 6.45) is 3.35. The number of amides is 1. The summed E-state index contributed by atoms with van der Waals surface area (Å²) in [6, 6.07) is 20.9. The summed E-state index contributed by atoms with van der Waals surface area (Å²) in [6.45, 7) is 2.59. The van der Waals surface area contributed by atoms with Crippen molar-refractivity contribution in [3.05, 3.63) is 77.4 Å². The van der Waals surface area contributed by atoms with Gasteiger partial charge in [0.15, 0.2) is 0 Å². The zero-order valence-corrected chi connectivity index (χ0v) is 19.5. The van der Waals surface area contributed by atoms with Gasteiger partial charge in [0.05, 0.1) is 14.2 Å². The third-order valence-electron chi connectivity index (χ3n) is 6.28. The minimum absolute atomic E-state index is 0.140. The van der Waals surface area contributed by atoms with Crippen LogP contribution in [0.2, 0.25) is 0 Å². The molecule has 1 unspecified atom stereocenters. The van der Waals surface area contributed by atoms with Gasteiger partial charge in [0.25, 0.3) is 0 Å². The van der Waals surface area contributed by atoms with Crippen LogP contribution >= 0.6 is 0 Å². The highest BCUT2D eigenvalue weighted by Crippen LogP contribution is 2.36. The first-order chi connectivity index (χ1) is 16.1. The van der Waals surface area contributed by atoms with E-state index in [1.165, 1.54) is 16.7 Å². The standard InChI is InChI=1S/C28H31NO4/c1-19-21(11-7-13-24(19)20-9-5-4-6-10-20)18-33-23-16-26(31-2)25(27(17-23)32-3)14-8-12-22-15-28(30)29-22/h4-7,9-11,13,16-17,22H,8,12,14-15,18H2,1-3H3,(H,29,30). The fourth-order valence-electron chi connectivity index (χ4n) is 4.35. The molecule has 1 aliphatic rings. The van der Waals surface area contributed by atoms with Gasteiger partial charge in [-0.3, -0.25) is 4.79 Å². The number of β-lactam (4-membered cyclic amide) rings is 1. The van der Waals surface area contributed by atoms with E-state index >= 15 is 0 Å². The molecular weight excluding hydrogens is 414 g/mol. The van der Waals surface area contributed by atoms with Crippen molar-refractivity contribution in [3.8, 4) is 28.4 Å². The zero-order valence-electron chi connectivity index (χ0n) is 19.5. The summed E-state index contributed by atoms with van der Waals surface area (Å²) in [5.74, 6) is 2.37. The highest BCUT2D eigenvalue weighted by molar-refractivity contribution is 5.82. The van der Waals surface area contributed by atoms with Gasteiger partial charge in [-0.2, -0.15) is 0 Å². The van der Waals surface area contributed by atoms with Crippen molar-refractivity contribution < 1.29 is 19.0 Å². The molecule has 1 atom stereocenters. The number of rotatable bonds is 10. The molecule has 3 aromatic carbocycles. The second-order valence-electron chi connectivity index (χ2n) is 8.41. The maximum absolute atomic E-state index is 11.1. The molecule has 1 aliphatic heterocycles. The molecule has 1 saturated heterocycles. The molecule has 1 N–H and O–H groups in total. The van der Waals surface area contributed by atoms with E-state index in [1.807, 2.05) is 18.2 Å². The lowest BCUT2D eigenvalue weighted by Crippen LogP contribution is -2.48. The number of ether oxygens (including phenoxy) is 3. The van der Waals surface area contributed by atoms with Crippen LogP contribution in [0.3, 0.4) is 0 Å². The molecule has 1 amide bonds. The van der Waals surface area contributed by atoms with Gasteiger partial charge in [-0.05, 0) is 48.4 Å². The van der Waals surface area contributed by atoms with Crippen molar-refractivity contribution in [2.75, 3.05) is 14.2 Å². The zero-order chi connectivity index (χ0) is 23.2. The Morgan fingerprint density at radius 3 is 2.30 bits per heavy atom. The van der Waals surface area contributed by atoms with Crippen LogP contribution in [-0.2, 0) is 17.8 Å². The lowest BCUT2D eigenvalue weighted by molar-refractivity contribution is -0.128. The van der Waals surface area contributed by atoms with Crippen molar-refractivity contribution in [2.45, 2.75) is 45.3 Å². The van der Waals surface area contributed by atoms with Crippen LogP contribution in [0, 0.1) is 6.92 Å². The third kappa shape index (κ3) is 5.30. The number of carbonyl (C=O) groups excluding carboxylic acids is 1. The van der Waals surface area contributed by atoms with Crippen LogP contribution in [-0.4, -0.2) is 26.2 Å². The van der Waals surface area contributed by atoms with Crippen LogP contribution in [0.25, 0.3) is 11.1 Å². The third-order valence-corrected chi connectivity index (χ3v) is 6.28. The average molecular weight is 446 g/mol. The van der Waals surface area contributed by atoms with Gasteiger partial charge in [0, 0.05) is 30.2 Å². The SMILES string of the molecule is COc1cc(OCc2cccc(-c3ccccc3)c2C)cc(OC)c1CCCC1CC(=O)N1. The van der Waals surface area contributed by atoms with Crippen molar-refractivity contribution in [2.24, 2.45) is 0 Å². The average Bonchev–Trinajstić information content (AvgIpc) is 2.82. The number of hydrogen-bond donors (Lipinski definition) is 1. The molecule has 5 nitrogen and oxygen atoms in total. The van der Waals surface area contributed by atoms with Crippen LogP contribution < -0.4 is 19.5 Å². The normalized spacial score (nSPS) is 14.9. The van der Waals surface area contributed by atoms with Crippen LogP contribution in [0.15, 0.2) is 60.7 Å². The second-order valence-corrected chi connectivity index (χ2v) is 8.41. The Balaban J connectivity index is 1.46. The van der Waals surface area contributed by atoms with Gasteiger partial charge < -0.3 is 19.5 Å². The Labute approximate surface area is 195 Å². The van der Waals surface area contributed by atoms with Crippen LogP contribution in [0.5, 0.6) is 17.2 Å².